The van der Waals surface area contributed by atoms with E-state index < -0.39 is 10.0 Å². The van der Waals surface area contributed by atoms with Crippen LogP contribution in [0.5, 0.6) is 0 Å². The molecule has 1 N–H and O–H groups in total. The summed E-state index contributed by atoms with van der Waals surface area (Å²) >= 11 is 0. The Morgan fingerprint density at radius 2 is 1.75 bits per heavy atom. The van der Waals surface area contributed by atoms with Crippen LogP contribution in [0.1, 0.15) is 32.3 Å². The van der Waals surface area contributed by atoms with E-state index in [2.05, 4.69) is 12.2 Å². The molecule has 114 valence electrons. The maximum absolute atomic E-state index is 12.4. The van der Waals surface area contributed by atoms with Gasteiger partial charge in [-0.1, -0.05) is 24.6 Å². The van der Waals surface area contributed by atoms with Crippen molar-refractivity contribution in [3.63, 3.8) is 0 Å². The molecule has 1 rings (SSSR count). The Morgan fingerprint density at radius 3 is 2.30 bits per heavy atom. The predicted molar refractivity (Wildman–Crippen MR) is 85.8 cm³/mol. The van der Waals surface area contributed by atoms with E-state index in [1.807, 2.05) is 38.1 Å². The molecule has 0 aliphatic heterocycles. The minimum atomic E-state index is -3.23. The van der Waals surface area contributed by atoms with Gasteiger partial charge in [-0.05, 0) is 51.9 Å². The van der Waals surface area contributed by atoms with Crippen molar-refractivity contribution in [2.45, 2.75) is 33.6 Å². The number of aryl methyl sites for hydroxylation is 1. The molecule has 0 radical (unpaired) electrons. The largest absolute Gasteiger partial charge is 0.317 e. The van der Waals surface area contributed by atoms with Crippen LogP contribution in [0.15, 0.2) is 24.3 Å². The highest BCUT2D eigenvalue weighted by molar-refractivity contribution is 7.92. The molecular formula is C15H26N2O2S. The zero-order valence-corrected chi connectivity index (χ0v) is 13.5. The number of anilines is 1. The van der Waals surface area contributed by atoms with Crippen LogP contribution in [0.2, 0.25) is 0 Å². The highest BCUT2D eigenvalue weighted by Crippen LogP contribution is 2.19. The number of benzene rings is 1. The van der Waals surface area contributed by atoms with Crippen LogP contribution < -0.4 is 9.62 Å². The average Bonchev–Trinajstić information content (AvgIpc) is 2.41. The van der Waals surface area contributed by atoms with E-state index >= 15 is 0 Å². The maximum Gasteiger partial charge on any atom is 0.235 e. The van der Waals surface area contributed by atoms with Crippen molar-refractivity contribution in [1.29, 1.82) is 0 Å². The molecule has 0 aromatic heterocycles. The molecule has 0 unspecified atom stereocenters. The summed E-state index contributed by atoms with van der Waals surface area (Å²) < 4.78 is 26.2. The third-order valence-corrected chi connectivity index (χ3v) is 5.07. The van der Waals surface area contributed by atoms with Crippen molar-refractivity contribution in [2.75, 3.05) is 29.7 Å². The molecule has 1 aromatic carbocycles. The highest BCUT2D eigenvalue weighted by Gasteiger charge is 2.20. The highest BCUT2D eigenvalue weighted by atomic mass is 32.2. The molecule has 0 bridgehead atoms. The first-order valence-corrected chi connectivity index (χ1v) is 8.90. The normalized spacial score (nSPS) is 11.6. The van der Waals surface area contributed by atoms with Crippen molar-refractivity contribution in [2.24, 2.45) is 0 Å². The number of rotatable bonds is 9. The van der Waals surface area contributed by atoms with Crippen molar-refractivity contribution < 1.29 is 8.42 Å². The first-order valence-electron chi connectivity index (χ1n) is 7.29. The molecule has 5 heteroatoms. The van der Waals surface area contributed by atoms with E-state index in [4.69, 9.17) is 0 Å². The van der Waals surface area contributed by atoms with Crippen molar-refractivity contribution in [3.8, 4) is 0 Å². The molecule has 0 heterocycles. The lowest BCUT2D eigenvalue weighted by molar-refractivity contribution is 0.584. The van der Waals surface area contributed by atoms with E-state index in [1.54, 1.807) is 0 Å². The van der Waals surface area contributed by atoms with Crippen molar-refractivity contribution in [1.82, 2.24) is 5.32 Å². The van der Waals surface area contributed by atoms with Crippen molar-refractivity contribution in [3.05, 3.63) is 29.8 Å². The second kappa shape index (κ2) is 8.27. The van der Waals surface area contributed by atoms with E-state index in [9.17, 15) is 8.42 Å². The van der Waals surface area contributed by atoms with E-state index in [0.29, 0.717) is 13.0 Å². The zero-order valence-electron chi connectivity index (χ0n) is 12.7. The monoisotopic (exact) mass is 298 g/mol. The van der Waals surface area contributed by atoms with E-state index in [-0.39, 0.29) is 5.75 Å². The molecule has 0 spiro atoms. The summed E-state index contributed by atoms with van der Waals surface area (Å²) in [6.45, 7) is 8.11. The van der Waals surface area contributed by atoms with Gasteiger partial charge in [-0.25, -0.2) is 8.42 Å². The second-order valence-corrected chi connectivity index (χ2v) is 6.93. The van der Waals surface area contributed by atoms with Crippen molar-refractivity contribution >= 4 is 15.7 Å². The van der Waals surface area contributed by atoms with Gasteiger partial charge in [0.15, 0.2) is 0 Å². The third-order valence-electron chi connectivity index (χ3n) is 3.13. The summed E-state index contributed by atoms with van der Waals surface area (Å²) in [5, 5.41) is 3.23. The quantitative estimate of drug-likeness (QED) is 0.713. The molecule has 20 heavy (non-hydrogen) atoms. The molecule has 0 fully saturated rings. The summed E-state index contributed by atoms with van der Waals surface area (Å²) in [5.74, 6) is 0.186. The third kappa shape index (κ3) is 5.13. The van der Waals surface area contributed by atoms with Gasteiger partial charge in [0.2, 0.25) is 10.0 Å². The van der Waals surface area contributed by atoms with Gasteiger partial charge in [0.05, 0.1) is 11.4 Å². The van der Waals surface area contributed by atoms with Crippen LogP contribution in [-0.4, -0.2) is 33.8 Å². The summed E-state index contributed by atoms with van der Waals surface area (Å²) in [7, 11) is -3.23. The first kappa shape index (κ1) is 17.0. The SMILES string of the molecule is CCCNCCCS(=O)(=O)N(CC)c1ccc(C)cc1. The molecule has 0 amide bonds. The lowest BCUT2D eigenvalue weighted by Gasteiger charge is -2.23. The fraction of sp³-hybridized carbons (Fsp3) is 0.600. The number of sulfonamides is 1. The van der Waals surface area contributed by atoms with Gasteiger partial charge in [-0.3, -0.25) is 4.31 Å². The number of nitrogens with one attached hydrogen (secondary N) is 1. The molecular weight excluding hydrogens is 272 g/mol. The summed E-state index contributed by atoms with van der Waals surface area (Å²) in [5.41, 5.74) is 1.88. The Balaban J connectivity index is 2.65. The fourth-order valence-electron chi connectivity index (χ4n) is 2.04. The molecule has 0 aliphatic rings. The first-order chi connectivity index (χ1) is 9.51. The van der Waals surface area contributed by atoms with Crippen LogP contribution in [0.4, 0.5) is 5.69 Å². The topological polar surface area (TPSA) is 49.4 Å². The predicted octanol–water partition coefficient (Wildman–Crippen LogP) is 2.54. The summed E-state index contributed by atoms with van der Waals surface area (Å²) in [6, 6.07) is 7.62. The number of hydrogen-bond donors (Lipinski definition) is 1. The molecule has 0 saturated carbocycles. The van der Waals surface area contributed by atoms with E-state index in [0.717, 1.165) is 30.8 Å². The zero-order chi connectivity index (χ0) is 15.0. The molecule has 0 aliphatic carbocycles. The van der Waals surface area contributed by atoms with Gasteiger partial charge in [0, 0.05) is 6.54 Å². The average molecular weight is 298 g/mol. The van der Waals surface area contributed by atoms with E-state index in [1.165, 1.54) is 4.31 Å². The van der Waals surface area contributed by atoms with Crippen LogP contribution in [0.3, 0.4) is 0 Å². The van der Waals surface area contributed by atoms with Gasteiger partial charge in [0.25, 0.3) is 0 Å². The minimum absolute atomic E-state index is 0.186. The Bertz CT molecular complexity index is 483. The second-order valence-electron chi connectivity index (χ2n) is 4.92. The van der Waals surface area contributed by atoms with Gasteiger partial charge >= 0.3 is 0 Å². The van der Waals surface area contributed by atoms with Gasteiger partial charge < -0.3 is 5.32 Å². The smallest absolute Gasteiger partial charge is 0.235 e. The summed E-state index contributed by atoms with van der Waals surface area (Å²) in [6.07, 6.45) is 1.71. The van der Waals surface area contributed by atoms with Crippen LogP contribution in [-0.2, 0) is 10.0 Å². The standard InChI is InChI=1S/C15H26N2O2S/c1-4-11-16-12-6-13-20(18,19)17(5-2)15-9-7-14(3)8-10-15/h7-10,16H,4-6,11-13H2,1-3H3. The summed E-state index contributed by atoms with van der Waals surface area (Å²) in [4.78, 5) is 0. The lowest BCUT2D eigenvalue weighted by Crippen LogP contribution is -2.33. The van der Waals surface area contributed by atoms with Crippen LogP contribution >= 0.6 is 0 Å². The Labute approximate surface area is 123 Å². The van der Waals surface area contributed by atoms with Gasteiger partial charge in [-0.15, -0.1) is 0 Å². The Kier molecular flexibility index (Phi) is 7.02. The lowest BCUT2D eigenvalue weighted by atomic mass is 10.2. The number of hydrogen-bond acceptors (Lipinski definition) is 3. The fourth-order valence-corrected chi connectivity index (χ4v) is 3.61. The molecule has 0 saturated heterocycles. The maximum atomic E-state index is 12.4. The van der Waals surface area contributed by atoms with Gasteiger partial charge in [-0.2, -0.15) is 0 Å². The molecule has 4 nitrogen and oxygen atoms in total. The molecule has 1 aromatic rings. The Hall–Kier alpha value is -1.07. The van der Waals surface area contributed by atoms with Crippen LogP contribution in [0.25, 0.3) is 0 Å². The number of nitrogens with zero attached hydrogens (tertiary/aromatic N) is 1. The van der Waals surface area contributed by atoms with Crippen LogP contribution in [0, 0.1) is 6.92 Å². The van der Waals surface area contributed by atoms with Gasteiger partial charge in [0.1, 0.15) is 0 Å². The minimum Gasteiger partial charge on any atom is -0.317 e. The Morgan fingerprint density at radius 1 is 1.10 bits per heavy atom. The molecule has 0 atom stereocenters.